The van der Waals surface area contributed by atoms with Gasteiger partial charge >= 0.3 is 0 Å². The van der Waals surface area contributed by atoms with Crippen molar-refractivity contribution in [3.63, 3.8) is 0 Å². The van der Waals surface area contributed by atoms with Gasteiger partial charge in [-0.2, -0.15) is 0 Å². The molecule has 1 fully saturated rings. The summed E-state index contributed by atoms with van der Waals surface area (Å²) in [4.78, 5) is 0. The fraction of sp³-hybridized carbons (Fsp3) is 0.571. The van der Waals surface area contributed by atoms with Crippen molar-refractivity contribution in [1.82, 2.24) is 10.6 Å². The summed E-state index contributed by atoms with van der Waals surface area (Å²) in [6, 6.07) is 10.2. The van der Waals surface area contributed by atoms with Crippen molar-refractivity contribution >= 4 is 24.8 Å². The maximum atomic E-state index is 5.78. The predicted molar refractivity (Wildman–Crippen MR) is 86.5 cm³/mol. The maximum absolute atomic E-state index is 5.78. The van der Waals surface area contributed by atoms with Crippen LogP contribution >= 0.6 is 24.8 Å². The third kappa shape index (κ3) is 6.29. The van der Waals surface area contributed by atoms with Gasteiger partial charge in [0.15, 0.2) is 0 Å². The minimum atomic E-state index is 0. The Morgan fingerprint density at radius 3 is 2.55 bits per heavy atom. The number of para-hydroxylation sites is 1. The lowest BCUT2D eigenvalue weighted by atomic mass is 10.1. The number of benzene rings is 1. The van der Waals surface area contributed by atoms with Gasteiger partial charge in [0.1, 0.15) is 18.5 Å². The molecule has 0 radical (unpaired) electrons. The number of hydrogen-bond donors (Lipinski definition) is 2. The van der Waals surface area contributed by atoms with Gasteiger partial charge in [0.2, 0.25) is 0 Å². The van der Waals surface area contributed by atoms with Gasteiger partial charge in [-0.25, -0.2) is 0 Å². The Morgan fingerprint density at radius 2 is 1.95 bits per heavy atom. The maximum Gasteiger partial charge on any atom is 0.119 e. The lowest BCUT2D eigenvalue weighted by molar-refractivity contribution is 0.000290. The molecule has 1 heterocycles. The summed E-state index contributed by atoms with van der Waals surface area (Å²) in [5.41, 5.74) is 0. The SMILES string of the molecule is CCOC(COc1ccccc1)C1CNCCN1.Cl.Cl. The van der Waals surface area contributed by atoms with E-state index in [1.807, 2.05) is 37.3 Å². The summed E-state index contributed by atoms with van der Waals surface area (Å²) in [7, 11) is 0. The van der Waals surface area contributed by atoms with Crippen molar-refractivity contribution in [3.05, 3.63) is 30.3 Å². The van der Waals surface area contributed by atoms with E-state index in [0.717, 1.165) is 25.4 Å². The molecule has 1 saturated heterocycles. The predicted octanol–water partition coefficient (Wildman–Crippen LogP) is 1.88. The van der Waals surface area contributed by atoms with Crippen molar-refractivity contribution in [2.45, 2.75) is 19.1 Å². The van der Waals surface area contributed by atoms with Gasteiger partial charge in [-0.15, -0.1) is 24.8 Å². The van der Waals surface area contributed by atoms with Gasteiger partial charge in [-0.1, -0.05) is 18.2 Å². The van der Waals surface area contributed by atoms with Crippen LogP contribution in [-0.2, 0) is 4.74 Å². The highest BCUT2D eigenvalue weighted by Gasteiger charge is 2.24. The Hall–Kier alpha value is -0.520. The zero-order valence-electron chi connectivity index (χ0n) is 11.7. The third-order valence-electron chi connectivity index (χ3n) is 3.06. The topological polar surface area (TPSA) is 42.5 Å². The van der Waals surface area contributed by atoms with Crippen LogP contribution in [0.4, 0.5) is 0 Å². The molecule has 6 heteroatoms. The molecule has 1 aromatic rings. The van der Waals surface area contributed by atoms with E-state index in [2.05, 4.69) is 10.6 Å². The molecule has 1 aliphatic rings. The summed E-state index contributed by atoms with van der Waals surface area (Å²) >= 11 is 0. The minimum absolute atomic E-state index is 0. The van der Waals surface area contributed by atoms with Crippen LogP contribution in [0.15, 0.2) is 30.3 Å². The average Bonchev–Trinajstić information content (AvgIpc) is 2.45. The first-order valence-corrected chi connectivity index (χ1v) is 6.63. The fourth-order valence-electron chi connectivity index (χ4n) is 2.13. The van der Waals surface area contributed by atoms with Gasteiger partial charge in [0.25, 0.3) is 0 Å². The third-order valence-corrected chi connectivity index (χ3v) is 3.06. The van der Waals surface area contributed by atoms with E-state index in [9.17, 15) is 0 Å². The van der Waals surface area contributed by atoms with Gasteiger partial charge in [-0.05, 0) is 19.1 Å². The van der Waals surface area contributed by atoms with Crippen molar-refractivity contribution in [1.29, 1.82) is 0 Å². The number of hydrogen-bond acceptors (Lipinski definition) is 4. The molecular weight excluding hydrogens is 299 g/mol. The second-order valence-corrected chi connectivity index (χ2v) is 4.38. The molecule has 1 aliphatic heterocycles. The summed E-state index contributed by atoms with van der Waals surface area (Å²) in [5.74, 6) is 0.894. The Kier molecular flexibility index (Phi) is 10.9. The number of halogens is 2. The molecule has 2 rings (SSSR count). The summed E-state index contributed by atoms with van der Waals surface area (Å²) in [6.07, 6.45) is 0.0861. The second kappa shape index (κ2) is 11.2. The number of rotatable bonds is 6. The molecule has 20 heavy (non-hydrogen) atoms. The van der Waals surface area contributed by atoms with E-state index >= 15 is 0 Å². The van der Waals surface area contributed by atoms with Gasteiger partial charge in [-0.3, -0.25) is 0 Å². The molecule has 0 saturated carbocycles. The van der Waals surface area contributed by atoms with Crippen molar-refractivity contribution < 1.29 is 9.47 Å². The quantitative estimate of drug-likeness (QED) is 0.839. The largest absolute Gasteiger partial charge is 0.491 e. The molecule has 1 aromatic carbocycles. The Labute approximate surface area is 133 Å². The van der Waals surface area contributed by atoms with Crippen LogP contribution in [-0.4, -0.2) is 45.0 Å². The number of piperazine rings is 1. The number of nitrogens with one attached hydrogen (secondary N) is 2. The Balaban J connectivity index is 0.00000180. The summed E-state index contributed by atoms with van der Waals surface area (Å²) < 4.78 is 11.6. The van der Waals surface area contributed by atoms with Crippen LogP contribution in [0.1, 0.15) is 6.92 Å². The standard InChI is InChI=1S/C14H22N2O2.2ClH/c1-2-17-14(13-10-15-8-9-16-13)11-18-12-6-4-3-5-7-12;;/h3-7,13-16H,2,8-11H2,1H3;2*1H. The van der Waals surface area contributed by atoms with E-state index in [4.69, 9.17) is 9.47 Å². The van der Waals surface area contributed by atoms with E-state index in [1.54, 1.807) is 0 Å². The lowest BCUT2D eigenvalue weighted by Gasteiger charge is -2.31. The molecule has 4 nitrogen and oxygen atoms in total. The van der Waals surface area contributed by atoms with E-state index in [0.29, 0.717) is 19.3 Å². The molecule has 0 bridgehead atoms. The van der Waals surface area contributed by atoms with E-state index < -0.39 is 0 Å². The lowest BCUT2D eigenvalue weighted by Crippen LogP contribution is -2.56. The van der Waals surface area contributed by atoms with Crippen LogP contribution < -0.4 is 15.4 Å². The highest BCUT2D eigenvalue weighted by molar-refractivity contribution is 5.85. The molecule has 0 aliphatic carbocycles. The van der Waals surface area contributed by atoms with Crippen LogP contribution in [0.5, 0.6) is 5.75 Å². The molecule has 0 spiro atoms. The smallest absolute Gasteiger partial charge is 0.119 e. The van der Waals surface area contributed by atoms with Gasteiger partial charge < -0.3 is 20.1 Å². The monoisotopic (exact) mass is 322 g/mol. The molecule has 116 valence electrons. The first-order chi connectivity index (χ1) is 8.90. The van der Waals surface area contributed by atoms with Crippen molar-refractivity contribution in [3.8, 4) is 5.75 Å². The van der Waals surface area contributed by atoms with Crippen LogP contribution in [0, 0.1) is 0 Å². The van der Waals surface area contributed by atoms with E-state index in [1.165, 1.54) is 0 Å². The van der Waals surface area contributed by atoms with Crippen LogP contribution in [0.3, 0.4) is 0 Å². The van der Waals surface area contributed by atoms with Crippen LogP contribution in [0.2, 0.25) is 0 Å². The second-order valence-electron chi connectivity index (χ2n) is 4.38. The molecule has 2 unspecified atom stereocenters. The summed E-state index contributed by atoms with van der Waals surface area (Å²) in [6.45, 7) is 6.25. The molecule has 2 atom stereocenters. The first-order valence-electron chi connectivity index (χ1n) is 6.63. The van der Waals surface area contributed by atoms with Crippen molar-refractivity contribution in [2.75, 3.05) is 32.8 Å². The van der Waals surface area contributed by atoms with E-state index in [-0.39, 0.29) is 30.9 Å². The zero-order chi connectivity index (χ0) is 12.6. The highest BCUT2D eigenvalue weighted by Crippen LogP contribution is 2.11. The van der Waals surface area contributed by atoms with Crippen molar-refractivity contribution in [2.24, 2.45) is 0 Å². The Bertz CT molecular complexity index is 335. The van der Waals surface area contributed by atoms with Gasteiger partial charge in [0, 0.05) is 32.3 Å². The molecule has 0 amide bonds. The minimum Gasteiger partial charge on any atom is -0.491 e. The van der Waals surface area contributed by atoms with Crippen LogP contribution in [0.25, 0.3) is 0 Å². The normalized spacial score (nSPS) is 19.4. The molecule has 2 N–H and O–H groups in total. The zero-order valence-corrected chi connectivity index (χ0v) is 13.3. The molecular formula is C14H24Cl2N2O2. The van der Waals surface area contributed by atoms with Gasteiger partial charge in [0.05, 0.1) is 0 Å². The summed E-state index contributed by atoms with van der Waals surface area (Å²) in [5, 5.41) is 6.85. The highest BCUT2D eigenvalue weighted by atomic mass is 35.5. The first kappa shape index (κ1) is 19.5. The molecule has 0 aromatic heterocycles. The number of ether oxygens (including phenoxy) is 2. The Morgan fingerprint density at radius 1 is 1.20 bits per heavy atom. The average molecular weight is 323 g/mol. The fourth-order valence-corrected chi connectivity index (χ4v) is 2.13.